The predicted molar refractivity (Wildman–Crippen MR) is 92.0 cm³/mol. The number of nitrogens with one attached hydrogen (secondary N) is 1. The third-order valence-corrected chi connectivity index (χ3v) is 5.48. The number of hydrogen-bond donors (Lipinski definition) is 1. The Morgan fingerprint density at radius 3 is 2.90 bits per heavy atom. The van der Waals surface area contributed by atoms with Gasteiger partial charge in [0.1, 0.15) is 0 Å². The second-order valence-corrected chi connectivity index (χ2v) is 7.43. The van der Waals surface area contributed by atoms with E-state index in [2.05, 4.69) is 58.5 Å². The Hall–Kier alpha value is -0.640. The third kappa shape index (κ3) is 3.00. The average Bonchev–Trinajstić information content (AvgIpc) is 2.42. The molecule has 0 radical (unpaired) electrons. The van der Waals surface area contributed by atoms with Crippen LogP contribution >= 0.6 is 39.3 Å². The van der Waals surface area contributed by atoms with E-state index < -0.39 is 0 Å². The molecule has 1 heterocycles. The highest BCUT2D eigenvalue weighted by Gasteiger charge is 2.21. The highest BCUT2D eigenvalue weighted by molar-refractivity contribution is 9.10. The molecule has 20 heavy (non-hydrogen) atoms. The summed E-state index contributed by atoms with van der Waals surface area (Å²) in [6.45, 7) is 2.10. The molecule has 0 fully saturated rings. The number of benzene rings is 2. The van der Waals surface area contributed by atoms with Crippen LogP contribution in [-0.4, -0.2) is 5.75 Å². The van der Waals surface area contributed by atoms with Gasteiger partial charge in [0.25, 0.3) is 0 Å². The molecule has 1 aliphatic heterocycles. The van der Waals surface area contributed by atoms with Gasteiger partial charge in [-0.25, -0.2) is 0 Å². The number of halogens is 2. The van der Waals surface area contributed by atoms with E-state index in [1.807, 2.05) is 17.8 Å². The Labute approximate surface area is 137 Å². The van der Waals surface area contributed by atoms with Gasteiger partial charge in [-0.05, 0) is 70.7 Å². The van der Waals surface area contributed by atoms with Crippen molar-refractivity contribution in [3.05, 3.63) is 57.0 Å². The van der Waals surface area contributed by atoms with E-state index in [1.54, 1.807) is 0 Å². The molecule has 2 aromatic carbocycles. The summed E-state index contributed by atoms with van der Waals surface area (Å²) in [5.41, 5.74) is 3.70. The van der Waals surface area contributed by atoms with Crippen molar-refractivity contribution >= 4 is 45.0 Å². The van der Waals surface area contributed by atoms with E-state index in [-0.39, 0.29) is 0 Å². The van der Waals surface area contributed by atoms with Gasteiger partial charge in [0.2, 0.25) is 0 Å². The fraction of sp³-hybridized carbons (Fsp3) is 0.250. The zero-order valence-electron chi connectivity index (χ0n) is 11.1. The monoisotopic (exact) mass is 367 g/mol. The van der Waals surface area contributed by atoms with Crippen LogP contribution in [0.2, 0.25) is 5.02 Å². The highest BCUT2D eigenvalue weighted by atomic mass is 79.9. The minimum Gasteiger partial charge on any atom is -0.377 e. The molecular weight excluding hydrogens is 354 g/mol. The second kappa shape index (κ2) is 6.00. The third-order valence-electron chi connectivity index (χ3n) is 3.47. The van der Waals surface area contributed by atoms with Crippen molar-refractivity contribution in [1.29, 1.82) is 0 Å². The van der Waals surface area contributed by atoms with Crippen molar-refractivity contribution in [3.8, 4) is 0 Å². The molecule has 1 atom stereocenters. The molecule has 104 valence electrons. The van der Waals surface area contributed by atoms with Crippen LogP contribution in [0.15, 0.2) is 45.8 Å². The summed E-state index contributed by atoms with van der Waals surface area (Å²) in [4.78, 5) is 1.33. The molecular formula is C16H15BrClNS. The number of rotatable bonds is 2. The molecule has 0 saturated carbocycles. The Morgan fingerprint density at radius 2 is 2.10 bits per heavy atom. The van der Waals surface area contributed by atoms with Crippen LogP contribution in [0.1, 0.15) is 23.6 Å². The Kier molecular flexibility index (Phi) is 4.29. The zero-order chi connectivity index (χ0) is 14.1. The van der Waals surface area contributed by atoms with Crippen LogP contribution in [0, 0.1) is 6.92 Å². The van der Waals surface area contributed by atoms with Crippen molar-refractivity contribution in [2.24, 2.45) is 0 Å². The Balaban J connectivity index is 1.91. The first-order valence-corrected chi connectivity index (χ1v) is 8.74. The molecule has 0 spiro atoms. The summed E-state index contributed by atoms with van der Waals surface area (Å²) in [6.07, 6.45) is 1.11. The van der Waals surface area contributed by atoms with E-state index >= 15 is 0 Å². The lowest BCUT2D eigenvalue weighted by molar-refractivity contribution is 0.728. The normalized spacial score (nSPS) is 17.6. The van der Waals surface area contributed by atoms with Crippen molar-refractivity contribution in [3.63, 3.8) is 0 Å². The summed E-state index contributed by atoms with van der Waals surface area (Å²) in [5.74, 6) is 1.13. The number of hydrogen-bond acceptors (Lipinski definition) is 2. The number of fused-ring (bicyclic) bond motifs is 1. The molecule has 1 nitrogen and oxygen atoms in total. The molecule has 0 aliphatic carbocycles. The summed E-state index contributed by atoms with van der Waals surface area (Å²) >= 11 is 11.7. The first kappa shape index (κ1) is 14.3. The molecule has 0 amide bonds. The summed E-state index contributed by atoms with van der Waals surface area (Å²) in [5, 5.41) is 4.45. The predicted octanol–water partition coefficient (Wildman–Crippen LogP) is 6.06. The van der Waals surface area contributed by atoms with Gasteiger partial charge in [-0.15, -0.1) is 11.8 Å². The van der Waals surface area contributed by atoms with Gasteiger partial charge in [-0.2, -0.15) is 0 Å². The lowest BCUT2D eigenvalue weighted by Crippen LogP contribution is -2.16. The van der Waals surface area contributed by atoms with E-state index in [9.17, 15) is 0 Å². The maximum atomic E-state index is 6.15. The SMILES string of the molecule is Cc1ccc(NC2CCSc3ccc(Cl)cc32)c(Br)c1. The lowest BCUT2D eigenvalue weighted by atomic mass is 10.0. The molecule has 4 heteroatoms. The minimum atomic E-state index is 0.323. The van der Waals surface area contributed by atoms with Gasteiger partial charge in [0.15, 0.2) is 0 Å². The maximum absolute atomic E-state index is 6.15. The van der Waals surface area contributed by atoms with Crippen molar-refractivity contribution in [2.45, 2.75) is 24.3 Å². The van der Waals surface area contributed by atoms with Gasteiger partial charge >= 0.3 is 0 Å². The van der Waals surface area contributed by atoms with E-state index in [0.29, 0.717) is 6.04 Å². The number of thioether (sulfide) groups is 1. The van der Waals surface area contributed by atoms with Crippen molar-refractivity contribution < 1.29 is 0 Å². The molecule has 0 aromatic heterocycles. The lowest BCUT2D eigenvalue weighted by Gasteiger charge is -2.27. The maximum Gasteiger partial charge on any atom is 0.0533 e. The van der Waals surface area contributed by atoms with E-state index in [4.69, 9.17) is 11.6 Å². The highest BCUT2D eigenvalue weighted by Crippen LogP contribution is 2.40. The quantitative estimate of drug-likeness (QED) is 0.691. The summed E-state index contributed by atoms with van der Waals surface area (Å²) < 4.78 is 1.11. The second-order valence-electron chi connectivity index (χ2n) is 5.00. The van der Waals surface area contributed by atoms with Crippen LogP contribution in [0.3, 0.4) is 0 Å². The van der Waals surface area contributed by atoms with Gasteiger partial charge in [0.05, 0.1) is 6.04 Å². The first-order chi connectivity index (χ1) is 9.63. The molecule has 1 aliphatic rings. The van der Waals surface area contributed by atoms with Gasteiger partial charge in [-0.1, -0.05) is 17.7 Å². The summed E-state index contributed by atoms with van der Waals surface area (Å²) in [6, 6.07) is 12.9. The largest absolute Gasteiger partial charge is 0.377 e. The van der Waals surface area contributed by atoms with Gasteiger partial charge in [0, 0.05) is 25.8 Å². The Morgan fingerprint density at radius 1 is 1.25 bits per heavy atom. The molecule has 0 bridgehead atoms. The smallest absolute Gasteiger partial charge is 0.0533 e. The van der Waals surface area contributed by atoms with E-state index in [1.165, 1.54) is 16.0 Å². The molecule has 2 aromatic rings. The van der Waals surface area contributed by atoms with Crippen LogP contribution in [0.25, 0.3) is 0 Å². The van der Waals surface area contributed by atoms with Gasteiger partial charge in [-0.3, -0.25) is 0 Å². The molecule has 1 N–H and O–H groups in total. The van der Waals surface area contributed by atoms with Crippen molar-refractivity contribution in [2.75, 3.05) is 11.1 Å². The van der Waals surface area contributed by atoms with E-state index in [0.717, 1.165) is 27.4 Å². The Bertz CT molecular complexity index is 644. The first-order valence-electron chi connectivity index (χ1n) is 6.58. The molecule has 3 rings (SSSR count). The topological polar surface area (TPSA) is 12.0 Å². The minimum absolute atomic E-state index is 0.323. The standard InChI is InChI=1S/C16H15BrClNS/c1-10-2-4-15(13(17)8-10)19-14-6-7-20-16-5-3-11(18)9-12(14)16/h2-5,8-9,14,19H,6-7H2,1H3. The van der Waals surface area contributed by atoms with Crippen LogP contribution in [0.5, 0.6) is 0 Å². The van der Waals surface area contributed by atoms with Crippen LogP contribution in [0.4, 0.5) is 5.69 Å². The van der Waals surface area contributed by atoms with Crippen molar-refractivity contribution in [1.82, 2.24) is 0 Å². The fourth-order valence-electron chi connectivity index (χ4n) is 2.44. The number of anilines is 1. The van der Waals surface area contributed by atoms with Crippen LogP contribution in [-0.2, 0) is 0 Å². The fourth-order valence-corrected chi connectivity index (χ4v) is 4.33. The number of aryl methyl sites for hydroxylation is 1. The van der Waals surface area contributed by atoms with Gasteiger partial charge < -0.3 is 5.32 Å². The molecule has 0 saturated heterocycles. The van der Waals surface area contributed by atoms with Crippen LogP contribution < -0.4 is 5.32 Å². The average molecular weight is 369 g/mol. The summed E-state index contributed by atoms with van der Waals surface area (Å²) in [7, 11) is 0. The zero-order valence-corrected chi connectivity index (χ0v) is 14.3. The molecule has 1 unspecified atom stereocenters.